The molecule has 0 unspecified atom stereocenters. The van der Waals surface area contributed by atoms with E-state index in [0.29, 0.717) is 22.9 Å². The lowest BCUT2D eigenvalue weighted by Crippen LogP contribution is -2.27. The van der Waals surface area contributed by atoms with Crippen molar-refractivity contribution >= 4 is 40.2 Å². The van der Waals surface area contributed by atoms with Crippen LogP contribution in [0.25, 0.3) is 10.8 Å². The number of benzene rings is 3. The molecule has 4 rings (SSSR count). The SMILES string of the molecule is COc1cc(C(=O)O)ccc1Nc1nccc(Oc2ccc(NC(=O)OC(C)(C)C)c3ccccc23)n1. The van der Waals surface area contributed by atoms with Crippen molar-refractivity contribution in [2.24, 2.45) is 0 Å². The molecule has 10 heteroatoms. The number of rotatable bonds is 7. The van der Waals surface area contributed by atoms with E-state index in [4.69, 9.17) is 14.2 Å². The van der Waals surface area contributed by atoms with Crippen molar-refractivity contribution in [3.63, 3.8) is 0 Å². The second-order valence-electron chi connectivity index (χ2n) is 8.95. The predicted molar refractivity (Wildman–Crippen MR) is 139 cm³/mol. The fraction of sp³-hybridized carbons (Fsp3) is 0.185. The first-order chi connectivity index (χ1) is 17.6. The number of hydrogen-bond donors (Lipinski definition) is 3. The maximum atomic E-state index is 12.3. The van der Waals surface area contributed by atoms with Crippen molar-refractivity contribution in [1.82, 2.24) is 9.97 Å². The van der Waals surface area contributed by atoms with Gasteiger partial charge in [0, 0.05) is 23.0 Å². The lowest BCUT2D eigenvalue weighted by molar-refractivity contribution is 0.0634. The van der Waals surface area contributed by atoms with Crippen LogP contribution in [0, 0.1) is 0 Å². The number of fused-ring (bicyclic) bond motifs is 1. The maximum Gasteiger partial charge on any atom is 0.412 e. The zero-order valence-electron chi connectivity index (χ0n) is 20.7. The molecule has 0 aliphatic rings. The van der Waals surface area contributed by atoms with Gasteiger partial charge in [-0.05, 0) is 51.1 Å². The van der Waals surface area contributed by atoms with Gasteiger partial charge in [0.05, 0.1) is 24.0 Å². The van der Waals surface area contributed by atoms with E-state index in [-0.39, 0.29) is 17.4 Å². The maximum absolute atomic E-state index is 12.3. The fourth-order valence-electron chi connectivity index (χ4n) is 3.50. The van der Waals surface area contributed by atoms with Gasteiger partial charge in [0.1, 0.15) is 17.1 Å². The monoisotopic (exact) mass is 502 g/mol. The first-order valence-corrected chi connectivity index (χ1v) is 11.3. The smallest absolute Gasteiger partial charge is 0.412 e. The zero-order valence-corrected chi connectivity index (χ0v) is 20.7. The molecule has 0 bridgehead atoms. The van der Waals surface area contributed by atoms with E-state index in [1.807, 2.05) is 24.3 Å². The molecule has 10 nitrogen and oxygen atoms in total. The summed E-state index contributed by atoms with van der Waals surface area (Å²) in [6, 6.07) is 17.0. The molecule has 1 heterocycles. The molecular weight excluding hydrogens is 476 g/mol. The standard InChI is InChI=1S/C27H26N4O6/c1-27(2,3)37-26(34)30-19-11-12-21(18-8-6-5-7-17(18)19)36-23-13-14-28-25(31-23)29-20-10-9-16(24(32)33)15-22(20)35-4/h5-15H,1-4H3,(H,30,34)(H,32,33)(H,28,29,31). The third kappa shape index (κ3) is 6.23. The summed E-state index contributed by atoms with van der Waals surface area (Å²) in [5, 5.41) is 16.5. The molecular formula is C27H26N4O6. The molecule has 0 spiro atoms. The first kappa shape index (κ1) is 25.2. The summed E-state index contributed by atoms with van der Waals surface area (Å²) in [7, 11) is 1.44. The molecule has 0 radical (unpaired) electrons. The van der Waals surface area contributed by atoms with Crippen LogP contribution in [0.4, 0.5) is 22.1 Å². The molecule has 3 aromatic carbocycles. The van der Waals surface area contributed by atoms with Gasteiger partial charge in [0.15, 0.2) is 0 Å². The van der Waals surface area contributed by atoms with Crippen LogP contribution >= 0.6 is 0 Å². The summed E-state index contributed by atoms with van der Waals surface area (Å²) in [5.41, 5.74) is 0.549. The van der Waals surface area contributed by atoms with Crippen LogP contribution in [0.15, 0.2) is 66.9 Å². The van der Waals surface area contributed by atoms with Crippen molar-refractivity contribution in [1.29, 1.82) is 0 Å². The van der Waals surface area contributed by atoms with Gasteiger partial charge in [-0.15, -0.1) is 0 Å². The number of nitrogens with zero attached hydrogens (tertiary/aromatic N) is 2. The number of nitrogens with one attached hydrogen (secondary N) is 2. The minimum atomic E-state index is -1.06. The summed E-state index contributed by atoms with van der Waals surface area (Å²) in [6.07, 6.45) is 0.980. The Balaban J connectivity index is 1.58. The third-order valence-electron chi connectivity index (χ3n) is 5.06. The Morgan fingerprint density at radius 1 is 0.919 bits per heavy atom. The minimum absolute atomic E-state index is 0.0943. The summed E-state index contributed by atoms with van der Waals surface area (Å²) in [4.78, 5) is 32.2. The van der Waals surface area contributed by atoms with E-state index < -0.39 is 17.7 Å². The van der Waals surface area contributed by atoms with E-state index in [1.165, 1.54) is 25.4 Å². The zero-order chi connectivity index (χ0) is 26.6. The lowest BCUT2D eigenvalue weighted by atomic mass is 10.1. The molecule has 3 N–H and O–H groups in total. The molecule has 0 fully saturated rings. The van der Waals surface area contributed by atoms with Crippen LogP contribution in [0.3, 0.4) is 0 Å². The lowest BCUT2D eigenvalue weighted by Gasteiger charge is -2.20. The fourth-order valence-corrected chi connectivity index (χ4v) is 3.50. The third-order valence-corrected chi connectivity index (χ3v) is 5.06. The Hall–Kier alpha value is -4.86. The van der Waals surface area contributed by atoms with Crippen molar-refractivity contribution < 1.29 is 28.9 Å². The van der Waals surface area contributed by atoms with Crippen LogP contribution in [-0.4, -0.2) is 39.8 Å². The highest BCUT2D eigenvalue weighted by atomic mass is 16.6. The van der Waals surface area contributed by atoms with Gasteiger partial charge < -0.3 is 24.6 Å². The molecule has 0 atom stereocenters. The topological polar surface area (TPSA) is 132 Å². The van der Waals surface area contributed by atoms with Crippen LogP contribution in [-0.2, 0) is 4.74 Å². The number of ether oxygens (including phenoxy) is 3. The van der Waals surface area contributed by atoms with Gasteiger partial charge in [-0.1, -0.05) is 24.3 Å². The number of carbonyl (C=O) groups excluding carboxylic acids is 1. The number of carbonyl (C=O) groups is 2. The molecule has 37 heavy (non-hydrogen) atoms. The first-order valence-electron chi connectivity index (χ1n) is 11.3. The Morgan fingerprint density at radius 2 is 1.65 bits per heavy atom. The minimum Gasteiger partial charge on any atom is -0.495 e. The number of amides is 1. The van der Waals surface area contributed by atoms with E-state index in [2.05, 4.69) is 20.6 Å². The Morgan fingerprint density at radius 3 is 2.35 bits per heavy atom. The molecule has 0 aliphatic heterocycles. The normalized spacial score (nSPS) is 11.0. The highest BCUT2D eigenvalue weighted by Gasteiger charge is 2.18. The predicted octanol–water partition coefficient (Wildman–Crippen LogP) is 6.22. The van der Waals surface area contributed by atoms with E-state index in [0.717, 1.165) is 10.8 Å². The summed E-state index contributed by atoms with van der Waals surface area (Å²) >= 11 is 0. The van der Waals surface area contributed by atoms with Gasteiger partial charge in [0.2, 0.25) is 11.8 Å². The average Bonchev–Trinajstić information content (AvgIpc) is 2.85. The van der Waals surface area contributed by atoms with Crippen LogP contribution < -0.4 is 20.1 Å². The van der Waals surface area contributed by atoms with Crippen molar-refractivity contribution in [3.05, 3.63) is 72.4 Å². The van der Waals surface area contributed by atoms with E-state index in [9.17, 15) is 14.7 Å². The second-order valence-corrected chi connectivity index (χ2v) is 8.95. The van der Waals surface area contributed by atoms with Crippen LogP contribution in [0.1, 0.15) is 31.1 Å². The summed E-state index contributed by atoms with van der Waals surface area (Å²) < 4.78 is 16.7. The molecule has 0 saturated heterocycles. The largest absolute Gasteiger partial charge is 0.495 e. The molecule has 4 aromatic rings. The number of aromatic carboxylic acids is 1. The summed E-state index contributed by atoms with van der Waals surface area (Å²) in [6.45, 7) is 5.40. The summed E-state index contributed by atoms with van der Waals surface area (Å²) in [5.74, 6) is 0.298. The number of methoxy groups -OCH3 is 1. The van der Waals surface area contributed by atoms with E-state index >= 15 is 0 Å². The molecule has 1 amide bonds. The van der Waals surface area contributed by atoms with Crippen LogP contribution in [0.5, 0.6) is 17.4 Å². The van der Waals surface area contributed by atoms with Crippen molar-refractivity contribution in [3.8, 4) is 17.4 Å². The van der Waals surface area contributed by atoms with Crippen molar-refractivity contribution in [2.75, 3.05) is 17.7 Å². The van der Waals surface area contributed by atoms with Crippen molar-refractivity contribution in [2.45, 2.75) is 26.4 Å². The number of hydrogen-bond acceptors (Lipinski definition) is 8. The second kappa shape index (κ2) is 10.4. The quantitative estimate of drug-likeness (QED) is 0.269. The highest BCUT2D eigenvalue weighted by molar-refractivity contribution is 6.02. The Kier molecular flexibility index (Phi) is 7.10. The number of aromatic nitrogens is 2. The highest BCUT2D eigenvalue weighted by Crippen LogP contribution is 2.35. The molecule has 0 saturated carbocycles. The van der Waals surface area contributed by atoms with Gasteiger partial charge in [0.25, 0.3) is 0 Å². The molecule has 1 aromatic heterocycles. The van der Waals surface area contributed by atoms with Crippen LogP contribution in [0.2, 0.25) is 0 Å². The van der Waals surface area contributed by atoms with Gasteiger partial charge in [-0.3, -0.25) is 5.32 Å². The molecule has 0 aliphatic carbocycles. The van der Waals surface area contributed by atoms with Gasteiger partial charge in [-0.25, -0.2) is 14.6 Å². The van der Waals surface area contributed by atoms with E-state index in [1.54, 1.807) is 45.0 Å². The van der Waals surface area contributed by atoms with Gasteiger partial charge >= 0.3 is 12.1 Å². The average molecular weight is 503 g/mol. The number of carboxylic acid groups (broad SMARTS) is 1. The number of anilines is 3. The van der Waals surface area contributed by atoms with Gasteiger partial charge in [-0.2, -0.15) is 4.98 Å². The Labute approximate surface area is 213 Å². The Bertz CT molecular complexity index is 1470. The number of carboxylic acids is 1. The molecule has 190 valence electrons.